The van der Waals surface area contributed by atoms with Crippen LogP contribution in [-0.4, -0.2) is 52.3 Å². The minimum absolute atomic E-state index is 0.263. The lowest BCUT2D eigenvalue weighted by molar-refractivity contribution is -0.275. The average molecular weight is 509 g/mol. The number of fused-ring (bicyclic) bond motifs is 1. The Morgan fingerprint density at radius 1 is 1.03 bits per heavy atom. The van der Waals surface area contributed by atoms with E-state index in [9.17, 15) is 36.3 Å². The van der Waals surface area contributed by atoms with Crippen molar-refractivity contribution in [2.45, 2.75) is 37.8 Å². The zero-order chi connectivity index (χ0) is 26.2. The highest BCUT2D eigenvalue weighted by Gasteiger charge is 2.40. The lowest BCUT2D eigenvalue weighted by Crippen LogP contribution is -2.42. The molecular weight excluding hydrogens is 489 g/mol. The highest BCUT2D eigenvalue weighted by atomic mass is 19.4. The second-order valence-electron chi connectivity index (χ2n) is 8.37. The third kappa shape index (κ3) is 5.16. The summed E-state index contributed by atoms with van der Waals surface area (Å²) in [6, 6.07) is 7.68. The molecule has 2 aromatic carbocycles. The summed E-state index contributed by atoms with van der Waals surface area (Å²) in [7, 11) is 0. The van der Waals surface area contributed by atoms with Gasteiger partial charge in [0, 0.05) is 24.4 Å². The number of para-hydroxylation sites is 1. The second kappa shape index (κ2) is 9.59. The third-order valence-corrected chi connectivity index (χ3v) is 5.95. The molecule has 2 heterocycles. The molecule has 190 valence electrons. The Morgan fingerprint density at radius 2 is 1.75 bits per heavy atom. The number of ketones is 1. The summed E-state index contributed by atoms with van der Waals surface area (Å²) >= 11 is 0. The zero-order valence-electron chi connectivity index (χ0n) is 18.6. The molecule has 0 unspecified atom stereocenters. The first-order chi connectivity index (χ1) is 16.9. The van der Waals surface area contributed by atoms with Gasteiger partial charge >= 0.3 is 12.4 Å². The number of likely N-dealkylation sites (tertiary alicyclic amines) is 1. The topological polar surface area (TPSA) is 94.6 Å². The number of aromatic nitrogens is 1. The maximum atomic E-state index is 14.5. The van der Waals surface area contributed by atoms with Gasteiger partial charge < -0.3 is 15.4 Å². The van der Waals surface area contributed by atoms with E-state index in [1.54, 1.807) is 24.3 Å². The van der Waals surface area contributed by atoms with Gasteiger partial charge in [-0.25, -0.2) is 13.6 Å². The molecule has 1 aliphatic heterocycles. The van der Waals surface area contributed by atoms with Crippen molar-refractivity contribution in [3.63, 3.8) is 0 Å². The lowest BCUT2D eigenvalue weighted by atomic mass is 10.0. The SMILES string of the molecule is NC(=O)n1cc(CC(=O)N2C[C@H](F)C[C@H]2C(=O)Cc2cccc(OC(F)(F)F)c2F)c2ccccc21. The summed E-state index contributed by atoms with van der Waals surface area (Å²) < 4.78 is 71.1. The fraction of sp³-hybridized carbons (Fsp3) is 0.292. The first-order valence-corrected chi connectivity index (χ1v) is 10.8. The number of carbonyl (C=O) groups is 3. The average Bonchev–Trinajstić information content (AvgIpc) is 3.37. The van der Waals surface area contributed by atoms with Crippen molar-refractivity contribution in [1.29, 1.82) is 0 Å². The van der Waals surface area contributed by atoms with Crippen LogP contribution in [0.3, 0.4) is 0 Å². The molecule has 4 rings (SSSR count). The Labute approximate surface area is 201 Å². The number of hydrogen-bond acceptors (Lipinski definition) is 4. The van der Waals surface area contributed by atoms with Gasteiger partial charge in [-0.3, -0.25) is 14.2 Å². The van der Waals surface area contributed by atoms with Crippen molar-refractivity contribution < 1.29 is 41.1 Å². The second-order valence-corrected chi connectivity index (χ2v) is 8.37. The summed E-state index contributed by atoms with van der Waals surface area (Å²) in [6.45, 7) is -0.372. The minimum atomic E-state index is -5.13. The molecule has 0 aliphatic carbocycles. The number of nitrogens with two attached hydrogens (primary N) is 1. The molecule has 1 aliphatic rings. The maximum absolute atomic E-state index is 14.5. The Morgan fingerprint density at radius 3 is 2.44 bits per heavy atom. The summed E-state index contributed by atoms with van der Waals surface area (Å²) in [5, 5.41) is 0.576. The number of benzene rings is 2. The molecule has 2 atom stereocenters. The highest BCUT2D eigenvalue weighted by molar-refractivity contribution is 5.97. The number of Topliss-reactive ketones (excluding diaryl/α,β-unsaturated/α-hetero) is 1. The normalized spacial score (nSPS) is 18.0. The predicted molar refractivity (Wildman–Crippen MR) is 117 cm³/mol. The molecule has 2 N–H and O–H groups in total. The van der Waals surface area contributed by atoms with Crippen LogP contribution < -0.4 is 10.5 Å². The number of hydrogen-bond donors (Lipinski definition) is 1. The molecule has 7 nitrogen and oxygen atoms in total. The van der Waals surface area contributed by atoms with E-state index in [4.69, 9.17) is 5.73 Å². The van der Waals surface area contributed by atoms with Crippen LogP contribution in [0.4, 0.5) is 26.7 Å². The number of ether oxygens (including phenoxy) is 1. The van der Waals surface area contributed by atoms with E-state index >= 15 is 0 Å². The Kier molecular flexibility index (Phi) is 6.70. The number of amides is 2. The molecule has 1 aromatic heterocycles. The van der Waals surface area contributed by atoms with Crippen LogP contribution in [-0.2, 0) is 22.4 Å². The quantitative estimate of drug-likeness (QED) is 0.510. The van der Waals surface area contributed by atoms with E-state index in [0.29, 0.717) is 16.5 Å². The van der Waals surface area contributed by atoms with Crippen LogP contribution >= 0.6 is 0 Å². The lowest BCUT2D eigenvalue weighted by Gasteiger charge is -2.23. The van der Waals surface area contributed by atoms with Gasteiger partial charge in [-0.05, 0) is 23.3 Å². The van der Waals surface area contributed by atoms with Gasteiger partial charge in [0.1, 0.15) is 6.17 Å². The predicted octanol–water partition coefficient (Wildman–Crippen LogP) is 3.90. The smallest absolute Gasteiger partial charge is 0.403 e. The fourth-order valence-corrected chi connectivity index (χ4v) is 4.41. The van der Waals surface area contributed by atoms with E-state index in [1.165, 1.54) is 10.8 Å². The van der Waals surface area contributed by atoms with Gasteiger partial charge in [0.15, 0.2) is 17.3 Å². The van der Waals surface area contributed by atoms with Crippen molar-refractivity contribution in [2.75, 3.05) is 6.54 Å². The van der Waals surface area contributed by atoms with Gasteiger partial charge in [0.05, 0.1) is 24.5 Å². The van der Waals surface area contributed by atoms with Crippen LogP contribution in [0.15, 0.2) is 48.7 Å². The summed E-state index contributed by atoms with van der Waals surface area (Å²) in [5.41, 5.74) is 5.92. The number of primary amides is 1. The molecule has 1 fully saturated rings. The Balaban J connectivity index is 1.54. The molecule has 0 spiro atoms. The van der Waals surface area contributed by atoms with E-state index in [1.807, 2.05) is 0 Å². The Bertz CT molecular complexity index is 1340. The zero-order valence-corrected chi connectivity index (χ0v) is 18.6. The van der Waals surface area contributed by atoms with Crippen molar-refractivity contribution in [2.24, 2.45) is 5.73 Å². The Hall–Kier alpha value is -3.96. The van der Waals surface area contributed by atoms with E-state index in [-0.39, 0.29) is 24.9 Å². The van der Waals surface area contributed by atoms with Gasteiger partial charge in [0.25, 0.3) is 0 Å². The van der Waals surface area contributed by atoms with Gasteiger partial charge in [-0.1, -0.05) is 30.3 Å². The van der Waals surface area contributed by atoms with Gasteiger partial charge in [-0.15, -0.1) is 13.2 Å². The number of alkyl halides is 4. The number of rotatable bonds is 6. The van der Waals surface area contributed by atoms with Gasteiger partial charge in [-0.2, -0.15) is 0 Å². The summed E-state index contributed by atoms with van der Waals surface area (Å²) in [5.74, 6) is -3.79. The minimum Gasteiger partial charge on any atom is -0.403 e. The molecule has 2 amide bonds. The molecule has 1 saturated heterocycles. The van der Waals surface area contributed by atoms with E-state index < -0.39 is 54.3 Å². The van der Waals surface area contributed by atoms with Crippen molar-refractivity contribution in [1.82, 2.24) is 9.47 Å². The summed E-state index contributed by atoms with van der Waals surface area (Å²) in [6.07, 6.45) is -6.50. The molecule has 0 saturated carbocycles. The molecular formula is C24H20F5N3O4. The van der Waals surface area contributed by atoms with Gasteiger partial charge in [0.2, 0.25) is 5.91 Å². The standard InChI is InChI=1S/C24H20F5N3O4/c25-15-10-18(19(33)8-13-4-3-7-20(22(13)26)36-24(27,28)29)31(12-15)21(34)9-14-11-32(23(30)35)17-6-2-1-5-16(14)17/h1-7,11,15,18H,8-10,12H2,(H2,30,35)/t15-,18+/m1/s1. The molecule has 12 heteroatoms. The summed E-state index contributed by atoms with van der Waals surface area (Å²) in [4.78, 5) is 38.8. The first kappa shape index (κ1) is 25.1. The largest absolute Gasteiger partial charge is 0.573 e. The van der Waals surface area contributed by atoms with Crippen LogP contribution in [0.2, 0.25) is 0 Å². The molecule has 36 heavy (non-hydrogen) atoms. The van der Waals surface area contributed by atoms with Crippen molar-refractivity contribution in [3.8, 4) is 5.75 Å². The van der Waals surface area contributed by atoms with Crippen molar-refractivity contribution in [3.05, 3.63) is 65.6 Å². The number of halogens is 5. The van der Waals surface area contributed by atoms with Crippen molar-refractivity contribution >= 4 is 28.6 Å². The van der Waals surface area contributed by atoms with Crippen LogP contribution in [0, 0.1) is 5.82 Å². The highest BCUT2D eigenvalue weighted by Crippen LogP contribution is 2.30. The van der Waals surface area contributed by atoms with E-state index in [0.717, 1.165) is 23.1 Å². The third-order valence-electron chi connectivity index (χ3n) is 5.95. The monoisotopic (exact) mass is 509 g/mol. The first-order valence-electron chi connectivity index (χ1n) is 10.8. The maximum Gasteiger partial charge on any atom is 0.573 e. The number of carbonyl (C=O) groups excluding carboxylic acids is 3. The molecule has 0 bridgehead atoms. The van der Waals surface area contributed by atoms with E-state index in [2.05, 4.69) is 4.74 Å². The van der Waals surface area contributed by atoms with Crippen LogP contribution in [0.5, 0.6) is 5.75 Å². The fourth-order valence-electron chi connectivity index (χ4n) is 4.41. The van der Waals surface area contributed by atoms with Crippen LogP contribution in [0.25, 0.3) is 10.9 Å². The number of nitrogens with zero attached hydrogens (tertiary/aromatic N) is 2. The molecule has 3 aromatic rings. The molecule has 0 radical (unpaired) electrons. The van der Waals surface area contributed by atoms with Crippen LogP contribution in [0.1, 0.15) is 17.5 Å².